The summed E-state index contributed by atoms with van der Waals surface area (Å²) >= 11 is 3.87. The van der Waals surface area contributed by atoms with E-state index in [1.807, 2.05) is 16.2 Å². The third kappa shape index (κ3) is 21.7. The molecule has 9 heteroatoms. The summed E-state index contributed by atoms with van der Waals surface area (Å²) in [5, 5.41) is 1.23. The van der Waals surface area contributed by atoms with E-state index in [4.69, 9.17) is 9.97 Å². The minimum absolute atomic E-state index is 0.0308. The molecule has 2 amide bonds. The van der Waals surface area contributed by atoms with Crippen LogP contribution in [0.4, 0.5) is 0 Å². The summed E-state index contributed by atoms with van der Waals surface area (Å²) in [6.45, 7) is 14.8. The summed E-state index contributed by atoms with van der Waals surface area (Å²) in [6.07, 6.45) is 52.3. The van der Waals surface area contributed by atoms with Crippen molar-refractivity contribution in [2.45, 2.75) is 298 Å². The molecule has 6 nitrogen and oxygen atoms in total. The molecule has 2 unspecified atom stereocenters. The Morgan fingerprint density at radius 3 is 1.13 bits per heavy atom. The summed E-state index contributed by atoms with van der Waals surface area (Å²) < 4.78 is 2.81. The van der Waals surface area contributed by atoms with Crippen molar-refractivity contribution in [3.05, 3.63) is 68.2 Å². The first-order valence-corrected chi connectivity index (χ1v) is 36.7. The van der Waals surface area contributed by atoms with E-state index in [9.17, 15) is 4.79 Å². The first-order valence-electron chi connectivity index (χ1n) is 33.3. The van der Waals surface area contributed by atoms with E-state index in [1.54, 1.807) is 11.3 Å². The van der Waals surface area contributed by atoms with Crippen LogP contribution in [0.2, 0.25) is 0 Å². The molecule has 0 aromatic carbocycles. The molecule has 0 N–H and O–H groups in total. The molecule has 0 bridgehead atoms. The van der Waals surface area contributed by atoms with Gasteiger partial charge in [0.1, 0.15) is 0 Å². The van der Waals surface area contributed by atoms with Gasteiger partial charge < -0.3 is 0 Å². The number of nitrogens with zero attached hydrogens (tertiary/aromatic N) is 4. The standard InChI is InChI=1S/C70H110N4O2S2Se/c1-7-11-15-19-23-25-27-29-31-33-37-41-44-57(43-39-35-21-17-13-9-3)53-73-56(6)64-66(69(73)75)72-65-67(71-64)70(76)74(68(65)61-50-49-60(78-61)63-52-51-62(79-63)59-48-47-55(5)77-59)54-58(45-40-36-22-18-14-10-4)46-42-38-34-32-30-28-26-24-20-16-12-8-2/h47-52,57-58H,7-46,53-54H2,1-6H3. The van der Waals surface area contributed by atoms with Crippen LogP contribution in [0.15, 0.2) is 36.4 Å². The number of carbonyl (C=O) groups excluding carboxylic acids is 2. The van der Waals surface area contributed by atoms with Gasteiger partial charge in [0, 0.05) is 0 Å². The second kappa shape index (κ2) is 38.1. The van der Waals surface area contributed by atoms with E-state index in [2.05, 4.69) is 82.8 Å². The number of hydrogen-bond donors (Lipinski definition) is 0. The van der Waals surface area contributed by atoms with Gasteiger partial charge in [-0.05, 0) is 12.8 Å². The Morgan fingerprint density at radius 1 is 0.392 bits per heavy atom. The van der Waals surface area contributed by atoms with Gasteiger partial charge in [0.15, 0.2) is 0 Å². The van der Waals surface area contributed by atoms with Gasteiger partial charge in [-0.25, -0.2) is 0 Å². The van der Waals surface area contributed by atoms with Gasteiger partial charge in [-0.1, -0.05) is 220 Å². The zero-order valence-electron chi connectivity index (χ0n) is 51.1. The fourth-order valence-corrected chi connectivity index (χ4v) is 17.0. The van der Waals surface area contributed by atoms with E-state index < -0.39 is 0 Å². The molecule has 440 valence electrons. The molecule has 4 aromatic rings. The Kier molecular flexibility index (Phi) is 31.5. The van der Waals surface area contributed by atoms with E-state index >= 15 is 4.79 Å². The summed E-state index contributed by atoms with van der Waals surface area (Å²) in [5.74, 6) is 0.773. The monoisotopic (exact) mass is 1180 g/mol. The number of rotatable bonds is 47. The molecular weight excluding hydrogens is 1070 g/mol. The minimum atomic E-state index is -0.0363. The average Bonchev–Trinajstić information content (AvgIpc) is 4.30. The third-order valence-electron chi connectivity index (χ3n) is 17.4. The van der Waals surface area contributed by atoms with Crippen LogP contribution in [0.5, 0.6) is 0 Å². The van der Waals surface area contributed by atoms with Crippen LogP contribution in [-0.4, -0.2) is 59.2 Å². The molecule has 6 heterocycles. The Balaban J connectivity index is 1.20. The molecule has 0 radical (unpaired) electrons. The number of aryl methyl sites for hydroxylation is 1. The molecule has 0 saturated carbocycles. The van der Waals surface area contributed by atoms with Crippen LogP contribution in [0.3, 0.4) is 0 Å². The Morgan fingerprint density at radius 2 is 0.722 bits per heavy atom. The van der Waals surface area contributed by atoms with Crippen molar-refractivity contribution in [2.75, 3.05) is 13.1 Å². The predicted octanol–water partition coefficient (Wildman–Crippen LogP) is 20.4. The maximum atomic E-state index is 15.2. The number of thiophene rings is 2. The molecule has 0 saturated heterocycles. The van der Waals surface area contributed by atoms with Crippen LogP contribution >= 0.6 is 22.7 Å². The number of unbranched alkanes of at least 4 members (excludes halogenated alkanes) is 32. The second-order valence-electron chi connectivity index (χ2n) is 24.3. The predicted molar refractivity (Wildman–Crippen MR) is 344 cm³/mol. The Hall–Kier alpha value is -2.84. The number of amides is 2. The SMILES string of the molecule is CCCCCCCCCCCCCCC(CCCCCCCC)CN1C(=O)c2nc3c(nc2=C1C)C(=O)N(CC(CCCCCCCC)CCCCCCCCCCCCCC)C=3c1ccc(-c2ccc(-c3ccc(C)s3)[se]2)s1. The van der Waals surface area contributed by atoms with Crippen LogP contribution in [0.25, 0.3) is 30.0 Å². The number of fused-ring (bicyclic) bond motifs is 2. The second-order valence-corrected chi connectivity index (χ2v) is 29.0. The van der Waals surface area contributed by atoms with Crippen molar-refractivity contribution in [3.8, 4) is 18.6 Å². The topological polar surface area (TPSA) is 66.4 Å². The van der Waals surface area contributed by atoms with Crippen LogP contribution in [0.1, 0.15) is 322 Å². The Labute approximate surface area is 496 Å². The van der Waals surface area contributed by atoms with Crippen LogP contribution < -0.4 is 10.7 Å². The van der Waals surface area contributed by atoms with Crippen molar-refractivity contribution in [3.63, 3.8) is 0 Å². The quantitative estimate of drug-likeness (QED) is 0.0327. The molecule has 2 aliphatic heterocycles. The van der Waals surface area contributed by atoms with Crippen molar-refractivity contribution in [1.82, 2.24) is 19.8 Å². The molecule has 0 fully saturated rings. The summed E-state index contributed by atoms with van der Waals surface area (Å²) in [4.78, 5) is 49.8. The van der Waals surface area contributed by atoms with E-state index in [0.717, 1.165) is 42.0 Å². The number of hydrogen-bond acceptors (Lipinski definition) is 6. The number of aromatic nitrogens is 2. The zero-order chi connectivity index (χ0) is 55.9. The molecule has 4 aromatic heterocycles. The van der Waals surface area contributed by atoms with Crippen molar-refractivity contribution < 1.29 is 9.59 Å². The van der Waals surface area contributed by atoms with Gasteiger partial charge >= 0.3 is 267 Å². The van der Waals surface area contributed by atoms with Gasteiger partial charge in [-0.2, -0.15) is 0 Å². The molecular formula is C70H110N4O2S2Se. The third-order valence-corrected chi connectivity index (χ3v) is 22.6. The normalized spacial score (nSPS) is 14.2. The average molecular weight is 1180 g/mol. The van der Waals surface area contributed by atoms with Crippen LogP contribution in [0, 0.1) is 18.8 Å². The fourth-order valence-electron chi connectivity index (χ4n) is 12.5. The van der Waals surface area contributed by atoms with Crippen molar-refractivity contribution >= 4 is 60.4 Å². The van der Waals surface area contributed by atoms with Gasteiger partial charge in [0.25, 0.3) is 0 Å². The van der Waals surface area contributed by atoms with Gasteiger partial charge in [0.05, 0.1) is 0 Å². The number of carbonyl (C=O) groups is 2. The Bertz CT molecular complexity index is 2470. The summed E-state index contributed by atoms with van der Waals surface area (Å²) in [6, 6.07) is 13.6. The van der Waals surface area contributed by atoms with E-state index in [0.29, 0.717) is 47.0 Å². The first-order chi connectivity index (χ1) is 38.8. The van der Waals surface area contributed by atoms with Gasteiger partial charge in [0.2, 0.25) is 0 Å². The molecule has 6 rings (SSSR count). The fraction of sp³-hybridized carbons (Fsp3) is 0.714. The van der Waals surface area contributed by atoms with Crippen LogP contribution in [-0.2, 0) is 0 Å². The van der Waals surface area contributed by atoms with Gasteiger partial charge in [-0.3, -0.25) is 0 Å². The first kappa shape index (κ1) is 65.3. The molecule has 0 spiro atoms. The van der Waals surface area contributed by atoms with Crippen molar-refractivity contribution in [2.24, 2.45) is 11.8 Å². The van der Waals surface area contributed by atoms with Gasteiger partial charge in [-0.15, -0.1) is 0 Å². The van der Waals surface area contributed by atoms with E-state index in [1.165, 1.54) is 255 Å². The molecule has 79 heavy (non-hydrogen) atoms. The summed E-state index contributed by atoms with van der Waals surface area (Å²) in [5.41, 5.74) is 2.62. The zero-order valence-corrected chi connectivity index (χ0v) is 54.5. The summed E-state index contributed by atoms with van der Waals surface area (Å²) in [7, 11) is 0. The molecule has 2 atom stereocenters. The molecule has 2 aliphatic rings. The maximum absolute atomic E-state index is 15.2. The molecule has 0 aliphatic carbocycles. The van der Waals surface area contributed by atoms with E-state index in [-0.39, 0.29) is 26.3 Å². The van der Waals surface area contributed by atoms with Crippen molar-refractivity contribution in [1.29, 1.82) is 0 Å².